The van der Waals surface area contributed by atoms with E-state index >= 15 is 0 Å². The van der Waals surface area contributed by atoms with Gasteiger partial charge in [0.25, 0.3) is 0 Å². The van der Waals surface area contributed by atoms with Gasteiger partial charge in [-0.15, -0.1) is 0 Å². The molecule has 0 atom stereocenters. The second-order valence-electron chi connectivity index (χ2n) is 4.51. The van der Waals surface area contributed by atoms with Crippen molar-refractivity contribution in [1.29, 1.82) is 0 Å². The van der Waals surface area contributed by atoms with Gasteiger partial charge in [0.05, 0.1) is 24.9 Å². The van der Waals surface area contributed by atoms with Gasteiger partial charge >= 0.3 is 0 Å². The van der Waals surface area contributed by atoms with Gasteiger partial charge in [-0.25, -0.2) is 0 Å². The number of rotatable bonds is 8. The Hall–Kier alpha value is -1.46. The van der Waals surface area contributed by atoms with Crippen LogP contribution in [0, 0.1) is 0 Å². The molecule has 0 saturated heterocycles. The standard InChI is InChI=1S/C15H23ClN2O3/c1-5-18(6-2)8-7-15(19)17-12-10-13(20-3)11(16)9-14(12)21-4/h9-10H,5-8H2,1-4H3,(H,17,19). The van der Waals surface area contributed by atoms with Crippen LogP contribution < -0.4 is 14.8 Å². The number of amides is 1. The van der Waals surface area contributed by atoms with Crippen LogP contribution in [0.15, 0.2) is 12.1 Å². The summed E-state index contributed by atoms with van der Waals surface area (Å²) in [6, 6.07) is 3.29. The van der Waals surface area contributed by atoms with Crippen LogP contribution in [0.2, 0.25) is 5.02 Å². The van der Waals surface area contributed by atoms with E-state index in [0.717, 1.165) is 19.6 Å². The molecule has 0 spiro atoms. The minimum Gasteiger partial charge on any atom is -0.495 e. The Morgan fingerprint density at radius 2 is 1.81 bits per heavy atom. The highest BCUT2D eigenvalue weighted by Gasteiger charge is 2.13. The first kappa shape index (κ1) is 17.6. The number of hydrogen-bond acceptors (Lipinski definition) is 4. The van der Waals surface area contributed by atoms with E-state index in [1.165, 1.54) is 14.2 Å². The highest BCUT2D eigenvalue weighted by molar-refractivity contribution is 6.32. The molecule has 1 aromatic carbocycles. The van der Waals surface area contributed by atoms with Crippen LogP contribution in [0.4, 0.5) is 5.69 Å². The Balaban J connectivity index is 2.75. The Bertz CT molecular complexity index is 476. The van der Waals surface area contributed by atoms with E-state index in [9.17, 15) is 4.79 Å². The number of anilines is 1. The second kappa shape index (κ2) is 8.74. The normalized spacial score (nSPS) is 10.6. The summed E-state index contributed by atoms with van der Waals surface area (Å²) >= 11 is 6.03. The van der Waals surface area contributed by atoms with E-state index in [2.05, 4.69) is 24.1 Å². The fraction of sp³-hybridized carbons (Fsp3) is 0.533. The molecule has 0 heterocycles. The zero-order valence-corrected chi connectivity index (χ0v) is 13.8. The van der Waals surface area contributed by atoms with Crippen LogP contribution >= 0.6 is 11.6 Å². The van der Waals surface area contributed by atoms with Crippen molar-refractivity contribution in [2.45, 2.75) is 20.3 Å². The fourth-order valence-corrected chi connectivity index (χ4v) is 2.20. The first-order chi connectivity index (χ1) is 10.0. The number of carbonyl (C=O) groups is 1. The molecule has 1 N–H and O–H groups in total. The molecule has 0 saturated carbocycles. The van der Waals surface area contributed by atoms with Gasteiger partial charge in [0.2, 0.25) is 5.91 Å². The highest BCUT2D eigenvalue weighted by Crippen LogP contribution is 2.35. The van der Waals surface area contributed by atoms with Gasteiger partial charge in [0, 0.05) is 25.1 Å². The van der Waals surface area contributed by atoms with Crippen LogP contribution in [0.3, 0.4) is 0 Å². The minimum absolute atomic E-state index is 0.0652. The van der Waals surface area contributed by atoms with Crippen molar-refractivity contribution in [3.05, 3.63) is 17.2 Å². The first-order valence-electron chi connectivity index (χ1n) is 6.99. The molecule has 6 heteroatoms. The molecule has 5 nitrogen and oxygen atoms in total. The lowest BCUT2D eigenvalue weighted by Gasteiger charge is -2.18. The summed E-state index contributed by atoms with van der Waals surface area (Å²) in [5, 5.41) is 3.28. The Morgan fingerprint density at radius 1 is 1.19 bits per heavy atom. The van der Waals surface area contributed by atoms with Gasteiger partial charge < -0.3 is 19.7 Å². The third-order valence-corrected chi connectivity index (χ3v) is 3.59. The molecule has 0 radical (unpaired) electrons. The number of hydrogen-bond donors (Lipinski definition) is 1. The van der Waals surface area contributed by atoms with E-state index in [1.54, 1.807) is 12.1 Å². The maximum Gasteiger partial charge on any atom is 0.225 e. The third kappa shape index (κ3) is 5.10. The molecular weight excluding hydrogens is 292 g/mol. The number of nitrogens with zero attached hydrogens (tertiary/aromatic N) is 1. The third-order valence-electron chi connectivity index (χ3n) is 3.30. The number of benzene rings is 1. The van der Waals surface area contributed by atoms with E-state index in [1.807, 2.05) is 0 Å². The maximum atomic E-state index is 12.0. The van der Waals surface area contributed by atoms with Crippen molar-refractivity contribution < 1.29 is 14.3 Å². The molecule has 0 unspecified atom stereocenters. The summed E-state index contributed by atoms with van der Waals surface area (Å²) in [7, 11) is 3.06. The van der Waals surface area contributed by atoms with Crippen LogP contribution in [0.1, 0.15) is 20.3 Å². The lowest BCUT2D eigenvalue weighted by Crippen LogP contribution is -2.27. The highest BCUT2D eigenvalue weighted by atomic mass is 35.5. The van der Waals surface area contributed by atoms with Crippen LogP contribution in [-0.2, 0) is 4.79 Å². The number of halogens is 1. The van der Waals surface area contributed by atoms with Gasteiger partial charge in [0.1, 0.15) is 11.5 Å². The fourth-order valence-electron chi connectivity index (χ4n) is 1.97. The largest absolute Gasteiger partial charge is 0.495 e. The molecule has 0 aliphatic rings. The molecule has 0 aliphatic carbocycles. The summed E-state index contributed by atoms with van der Waals surface area (Å²) in [4.78, 5) is 14.2. The molecule has 0 bridgehead atoms. The summed E-state index contributed by atoms with van der Waals surface area (Å²) < 4.78 is 10.4. The second-order valence-corrected chi connectivity index (χ2v) is 4.92. The van der Waals surface area contributed by atoms with Gasteiger partial charge in [-0.05, 0) is 13.1 Å². The van der Waals surface area contributed by atoms with Crippen molar-refractivity contribution >= 4 is 23.2 Å². The average Bonchev–Trinajstić information content (AvgIpc) is 2.49. The van der Waals surface area contributed by atoms with Crippen molar-refractivity contribution in [3.63, 3.8) is 0 Å². The van der Waals surface area contributed by atoms with Gasteiger partial charge in [-0.2, -0.15) is 0 Å². The molecular formula is C15H23ClN2O3. The lowest BCUT2D eigenvalue weighted by molar-refractivity contribution is -0.116. The van der Waals surface area contributed by atoms with Crippen molar-refractivity contribution in [3.8, 4) is 11.5 Å². The molecule has 1 amide bonds. The Labute approximate surface area is 131 Å². The summed E-state index contributed by atoms with van der Waals surface area (Å²) in [6.07, 6.45) is 0.426. The van der Waals surface area contributed by atoms with Crippen LogP contribution in [0.5, 0.6) is 11.5 Å². The average molecular weight is 315 g/mol. The molecule has 21 heavy (non-hydrogen) atoms. The molecule has 1 aromatic rings. The Kier molecular flexibility index (Phi) is 7.32. The molecule has 0 aromatic heterocycles. The predicted octanol–water partition coefficient (Wildman–Crippen LogP) is 3.03. The van der Waals surface area contributed by atoms with E-state index in [-0.39, 0.29) is 5.91 Å². The van der Waals surface area contributed by atoms with Crippen molar-refractivity contribution in [1.82, 2.24) is 4.90 Å². The zero-order chi connectivity index (χ0) is 15.8. The number of carbonyl (C=O) groups excluding carboxylic acids is 1. The molecule has 1 rings (SSSR count). The van der Waals surface area contributed by atoms with Gasteiger partial charge in [-0.3, -0.25) is 4.79 Å². The lowest BCUT2D eigenvalue weighted by atomic mass is 10.2. The van der Waals surface area contributed by atoms with E-state index in [0.29, 0.717) is 28.6 Å². The van der Waals surface area contributed by atoms with E-state index < -0.39 is 0 Å². The maximum absolute atomic E-state index is 12.0. The van der Waals surface area contributed by atoms with E-state index in [4.69, 9.17) is 21.1 Å². The van der Waals surface area contributed by atoms with Crippen molar-refractivity contribution in [2.75, 3.05) is 39.2 Å². The molecule has 0 fully saturated rings. The van der Waals surface area contributed by atoms with Crippen LogP contribution in [-0.4, -0.2) is 44.7 Å². The number of methoxy groups -OCH3 is 2. The summed E-state index contributed by atoms with van der Waals surface area (Å²) in [5.41, 5.74) is 0.559. The number of nitrogens with one attached hydrogen (secondary N) is 1. The first-order valence-corrected chi connectivity index (χ1v) is 7.37. The Morgan fingerprint density at radius 3 is 2.33 bits per heavy atom. The number of ether oxygens (including phenoxy) is 2. The predicted molar refractivity (Wildman–Crippen MR) is 85.6 cm³/mol. The van der Waals surface area contributed by atoms with Crippen molar-refractivity contribution in [2.24, 2.45) is 0 Å². The topological polar surface area (TPSA) is 50.8 Å². The van der Waals surface area contributed by atoms with Gasteiger partial charge in [0.15, 0.2) is 0 Å². The molecule has 0 aliphatic heterocycles. The summed E-state index contributed by atoms with van der Waals surface area (Å²) in [6.45, 7) is 6.75. The monoisotopic (exact) mass is 314 g/mol. The minimum atomic E-state index is -0.0652. The zero-order valence-electron chi connectivity index (χ0n) is 13.0. The van der Waals surface area contributed by atoms with Gasteiger partial charge in [-0.1, -0.05) is 25.4 Å². The smallest absolute Gasteiger partial charge is 0.225 e. The summed E-state index contributed by atoms with van der Waals surface area (Å²) in [5.74, 6) is 0.943. The molecule has 118 valence electrons. The SMILES string of the molecule is CCN(CC)CCC(=O)Nc1cc(OC)c(Cl)cc1OC. The quantitative estimate of drug-likeness (QED) is 0.801. The van der Waals surface area contributed by atoms with Crippen LogP contribution in [0.25, 0.3) is 0 Å².